The molecule has 0 aliphatic heterocycles. The third-order valence-electron chi connectivity index (χ3n) is 0.557. The Bertz CT molecular complexity index is 173. The van der Waals surface area contributed by atoms with Crippen LogP contribution in [0, 0.1) is 0 Å². The number of primary amides is 1. The molecule has 0 bridgehead atoms. The van der Waals surface area contributed by atoms with Gasteiger partial charge in [-0.3, -0.25) is 4.79 Å². The van der Waals surface area contributed by atoms with E-state index >= 15 is 0 Å². The van der Waals surface area contributed by atoms with E-state index in [0.717, 1.165) is 6.08 Å². The van der Waals surface area contributed by atoms with Gasteiger partial charge in [0.2, 0.25) is 5.91 Å². The molecule has 76 valence electrons. The summed E-state index contributed by atoms with van der Waals surface area (Å²) in [6.45, 7) is 3.26. The highest BCUT2D eigenvalue weighted by molar-refractivity contribution is 5.92. The largest absolute Gasteiger partial charge is 0.505 e. The minimum atomic E-state index is -1.18. The molecule has 6 nitrogen and oxygen atoms in total. The van der Waals surface area contributed by atoms with Crippen molar-refractivity contribution in [3.63, 3.8) is 0 Å². The number of rotatable bonds is 3. The lowest BCUT2D eigenvalue weighted by Gasteiger charge is -1.75. The van der Waals surface area contributed by atoms with Gasteiger partial charge in [0.25, 0.3) is 0 Å². The summed E-state index contributed by atoms with van der Waals surface area (Å²) in [5, 5.41) is 7.87. The maximum Gasteiger partial charge on any atom is 0.328 e. The van der Waals surface area contributed by atoms with E-state index in [1.54, 1.807) is 7.11 Å². The fourth-order valence-corrected chi connectivity index (χ4v) is 0.153. The summed E-state index contributed by atoms with van der Waals surface area (Å²) in [5.74, 6) is -1.93. The first-order valence-corrected chi connectivity index (χ1v) is 2.88. The van der Waals surface area contributed by atoms with E-state index in [-0.39, 0.29) is 6.15 Å². The van der Waals surface area contributed by atoms with Gasteiger partial charge in [-0.15, -0.1) is 0 Å². The van der Waals surface area contributed by atoms with Crippen LogP contribution in [-0.4, -0.2) is 24.1 Å². The Morgan fingerprint density at radius 3 is 1.92 bits per heavy atom. The zero-order chi connectivity index (χ0) is 9.98. The lowest BCUT2D eigenvalue weighted by Crippen LogP contribution is -2.06. The zero-order valence-electron chi connectivity index (χ0n) is 7.40. The van der Waals surface area contributed by atoms with Crippen molar-refractivity contribution in [1.29, 1.82) is 0 Å². The first-order valence-electron chi connectivity index (χ1n) is 2.88. The van der Waals surface area contributed by atoms with Gasteiger partial charge < -0.3 is 21.7 Å². The predicted molar refractivity (Wildman–Crippen MR) is 48.2 cm³/mol. The normalized spacial score (nSPS) is 7.46. The number of hydrogen-bond donors (Lipinski definition) is 3. The van der Waals surface area contributed by atoms with Crippen LogP contribution in [0.5, 0.6) is 0 Å². The number of carboxylic acids is 1. The number of carbonyl (C=O) groups is 2. The number of amides is 1. The standard InChI is InChI=1S/C4H5NO3.C3H6O.H3N/c5-3(6)1-2-4(7)8;1-3-4-2;/h1-2H,(H2,5,6)(H,7,8);3H,1H2,2H3;1H3/b2-1-;;. The molecule has 0 aromatic carbocycles. The molecule has 0 heterocycles. The summed E-state index contributed by atoms with van der Waals surface area (Å²) in [6, 6.07) is 0. The number of hydrogen-bond acceptors (Lipinski definition) is 4. The molecule has 0 rings (SSSR count). The molecule has 0 saturated heterocycles. The molecular weight excluding hydrogens is 176 g/mol. The second-order valence-corrected chi connectivity index (χ2v) is 1.48. The molecule has 0 atom stereocenters. The van der Waals surface area contributed by atoms with Crippen LogP contribution in [0.25, 0.3) is 0 Å². The predicted octanol–water partition coefficient (Wildman–Crippen LogP) is 0.0508. The third-order valence-corrected chi connectivity index (χ3v) is 0.557. The van der Waals surface area contributed by atoms with E-state index in [0.29, 0.717) is 6.08 Å². The van der Waals surface area contributed by atoms with Crippen molar-refractivity contribution >= 4 is 11.9 Å². The molecule has 0 radical (unpaired) electrons. The minimum absolute atomic E-state index is 0. The number of carboxylic acid groups (broad SMARTS) is 1. The molecule has 0 spiro atoms. The lowest BCUT2D eigenvalue weighted by atomic mass is 10.5. The van der Waals surface area contributed by atoms with E-state index in [1.165, 1.54) is 6.26 Å². The lowest BCUT2D eigenvalue weighted by molar-refractivity contribution is -0.131. The number of ether oxygens (including phenoxy) is 1. The molecule has 0 saturated carbocycles. The molecule has 0 aromatic rings. The summed E-state index contributed by atoms with van der Waals surface area (Å²) in [6.07, 6.45) is 2.84. The molecular formula is C7H14N2O4. The van der Waals surface area contributed by atoms with Crippen molar-refractivity contribution in [2.75, 3.05) is 7.11 Å². The minimum Gasteiger partial charge on any atom is -0.505 e. The Labute approximate surface area is 76.3 Å². The van der Waals surface area contributed by atoms with Gasteiger partial charge in [-0.1, -0.05) is 6.58 Å². The molecule has 0 unspecified atom stereocenters. The molecule has 1 amide bonds. The van der Waals surface area contributed by atoms with Crippen molar-refractivity contribution < 1.29 is 19.4 Å². The summed E-state index contributed by atoms with van der Waals surface area (Å²) >= 11 is 0. The van der Waals surface area contributed by atoms with Crippen LogP contribution >= 0.6 is 0 Å². The van der Waals surface area contributed by atoms with Crippen LogP contribution in [-0.2, 0) is 14.3 Å². The van der Waals surface area contributed by atoms with Gasteiger partial charge in [-0.05, 0) is 0 Å². The van der Waals surface area contributed by atoms with Crippen LogP contribution < -0.4 is 11.9 Å². The Morgan fingerprint density at radius 1 is 1.46 bits per heavy atom. The van der Waals surface area contributed by atoms with Crippen molar-refractivity contribution in [2.45, 2.75) is 0 Å². The molecule has 0 aromatic heterocycles. The van der Waals surface area contributed by atoms with Gasteiger partial charge in [-0.25, -0.2) is 4.79 Å². The number of nitrogens with two attached hydrogens (primary N) is 1. The van der Waals surface area contributed by atoms with Crippen molar-refractivity contribution in [3.8, 4) is 0 Å². The van der Waals surface area contributed by atoms with E-state index in [4.69, 9.17) is 5.11 Å². The second kappa shape index (κ2) is 12.8. The summed E-state index contributed by atoms with van der Waals surface area (Å²) in [5.41, 5.74) is 4.55. The average molecular weight is 190 g/mol. The average Bonchev–Trinajstić information content (AvgIpc) is 2.01. The number of carbonyl (C=O) groups excluding carboxylic acids is 1. The SMILES string of the molecule is C=COC.N.NC(=O)/C=C\C(=O)O. The fraction of sp³-hybridized carbons (Fsp3) is 0.143. The smallest absolute Gasteiger partial charge is 0.328 e. The molecule has 0 aliphatic carbocycles. The molecule has 6 heteroatoms. The summed E-state index contributed by atoms with van der Waals surface area (Å²) < 4.78 is 4.31. The van der Waals surface area contributed by atoms with Crippen molar-refractivity contribution in [3.05, 3.63) is 25.0 Å². The van der Waals surface area contributed by atoms with Crippen LogP contribution in [0.1, 0.15) is 0 Å². The number of methoxy groups -OCH3 is 1. The highest BCUT2D eigenvalue weighted by Gasteiger charge is 1.86. The topological polar surface area (TPSA) is 125 Å². The monoisotopic (exact) mass is 190 g/mol. The van der Waals surface area contributed by atoms with E-state index in [2.05, 4.69) is 17.0 Å². The van der Waals surface area contributed by atoms with Crippen LogP contribution in [0.15, 0.2) is 25.0 Å². The van der Waals surface area contributed by atoms with E-state index in [1.807, 2.05) is 0 Å². The Hall–Kier alpha value is -1.82. The van der Waals surface area contributed by atoms with Crippen molar-refractivity contribution in [2.24, 2.45) is 5.73 Å². The summed E-state index contributed by atoms with van der Waals surface area (Å²) in [4.78, 5) is 19.4. The van der Waals surface area contributed by atoms with Gasteiger partial charge in [0.1, 0.15) is 0 Å². The number of aliphatic carboxylic acids is 1. The van der Waals surface area contributed by atoms with Crippen LogP contribution in [0.4, 0.5) is 0 Å². The second-order valence-electron chi connectivity index (χ2n) is 1.48. The third kappa shape index (κ3) is 39.0. The Kier molecular flexibility index (Phi) is 17.1. The summed E-state index contributed by atoms with van der Waals surface area (Å²) in [7, 11) is 1.56. The quantitative estimate of drug-likeness (QED) is 0.428. The van der Waals surface area contributed by atoms with Gasteiger partial charge in [0, 0.05) is 12.2 Å². The van der Waals surface area contributed by atoms with E-state index < -0.39 is 11.9 Å². The van der Waals surface area contributed by atoms with Crippen LogP contribution in [0.2, 0.25) is 0 Å². The van der Waals surface area contributed by atoms with Crippen molar-refractivity contribution in [1.82, 2.24) is 6.15 Å². The molecule has 0 aliphatic rings. The Morgan fingerprint density at radius 2 is 1.85 bits per heavy atom. The first-order chi connectivity index (χ1) is 5.54. The van der Waals surface area contributed by atoms with Gasteiger partial charge in [0.05, 0.1) is 13.4 Å². The maximum absolute atomic E-state index is 9.78. The van der Waals surface area contributed by atoms with Crippen LogP contribution in [0.3, 0.4) is 0 Å². The van der Waals surface area contributed by atoms with Gasteiger partial charge >= 0.3 is 5.97 Å². The van der Waals surface area contributed by atoms with E-state index in [9.17, 15) is 9.59 Å². The fourth-order valence-electron chi connectivity index (χ4n) is 0.153. The molecule has 0 fully saturated rings. The van der Waals surface area contributed by atoms with Gasteiger partial charge in [0.15, 0.2) is 0 Å². The van der Waals surface area contributed by atoms with Gasteiger partial charge in [-0.2, -0.15) is 0 Å². The molecule has 13 heavy (non-hydrogen) atoms. The zero-order valence-corrected chi connectivity index (χ0v) is 7.40. The molecule has 6 N–H and O–H groups in total. The Balaban J connectivity index is -0.000000173. The first kappa shape index (κ1) is 17.3. The maximum atomic E-state index is 9.78. The highest BCUT2D eigenvalue weighted by Crippen LogP contribution is 1.68. The highest BCUT2D eigenvalue weighted by atomic mass is 16.5.